The maximum absolute atomic E-state index is 6.46. The minimum absolute atomic E-state index is 0.117. The Balaban J connectivity index is 2.24. The third-order valence-electron chi connectivity index (χ3n) is 4.25. The van der Waals surface area contributed by atoms with Crippen LogP contribution in [0.5, 0.6) is 0 Å². The molecule has 0 unspecified atom stereocenters. The van der Waals surface area contributed by atoms with Crippen molar-refractivity contribution in [3.63, 3.8) is 0 Å². The van der Waals surface area contributed by atoms with Gasteiger partial charge >= 0.3 is 0 Å². The quantitative estimate of drug-likeness (QED) is 0.527. The number of aromatic nitrogens is 1. The minimum Gasteiger partial charge on any atom is -0.400 e. The lowest BCUT2D eigenvalue weighted by atomic mass is 9.93. The molecule has 6 heteroatoms. The van der Waals surface area contributed by atoms with Crippen LogP contribution in [0.4, 0.5) is 11.5 Å². The molecule has 0 spiro atoms. The van der Waals surface area contributed by atoms with Crippen molar-refractivity contribution in [3.8, 4) is 0 Å². The van der Waals surface area contributed by atoms with E-state index >= 15 is 0 Å². The molecule has 0 radical (unpaired) electrons. The molecule has 28 heavy (non-hydrogen) atoms. The first kappa shape index (κ1) is 22.1. The summed E-state index contributed by atoms with van der Waals surface area (Å²) in [6.07, 6.45) is 4.68. The van der Waals surface area contributed by atoms with E-state index in [0.717, 1.165) is 35.6 Å². The lowest BCUT2D eigenvalue weighted by molar-refractivity contribution is 0.459. The van der Waals surface area contributed by atoms with Gasteiger partial charge in [0.15, 0.2) is 0 Å². The van der Waals surface area contributed by atoms with Crippen molar-refractivity contribution in [1.82, 2.24) is 9.88 Å². The molecule has 0 atom stereocenters. The van der Waals surface area contributed by atoms with Crippen LogP contribution in [-0.4, -0.2) is 16.4 Å². The lowest BCUT2D eigenvalue weighted by Crippen LogP contribution is -2.24. The van der Waals surface area contributed by atoms with Gasteiger partial charge in [0.1, 0.15) is 5.82 Å². The van der Waals surface area contributed by atoms with E-state index in [1.807, 2.05) is 36.5 Å². The molecular formula is C22H28Cl2N4. The van der Waals surface area contributed by atoms with Crippen LogP contribution < -0.4 is 11.1 Å². The molecule has 0 aliphatic heterocycles. The second-order valence-electron chi connectivity index (χ2n) is 7.66. The van der Waals surface area contributed by atoms with Gasteiger partial charge in [-0.1, -0.05) is 57.5 Å². The van der Waals surface area contributed by atoms with E-state index in [0.29, 0.717) is 15.9 Å². The molecule has 3 N–H and O–H groups in total. The molecule has 1 aromatic carbocycles. The van der Waals surface area contributed by atoms with E-state index in [9.17, 15) is 0 Å². The molecule has 0 amide bonds. The summed E-state index contributed by atoms with van der Waals surface area (Å²) in [5.41, 5.74) is 9.46. The number of nitrogens with two attached hydrogens (primary N) is 1. The van der Waals surface area contributed by atoms with Gasteiger partial charge in [-0.15, -0.1) is 0 Å². The van der Waals surface area contributed by atoms with E-state index < -0.39 is 0 Å². The Labute approximate surface area is 178 Å². The molecule has 4 nitrogen and oxygen atoms in total. The zero-order valence-electron chi connectivity index (χ0n) is 16.9. The average molecular weight is 419 g/mol. The van der Waals surface area contributed by atoms with Crippen molar-refractivity contribution in [2.45, 2.75) is 34.1 Å². The summed E-state index contributed by atoms with van der Waals surface area (Å²) in [7, 11) is 0. The van der Waals surface area contributed by atoms with Gasteiger partial charge in [0, 0.05) is 52.0 Å². The monoisotopic (exact) mass is 418 g/mol. The highest BCUT2D eigenvalue weighted by Gasteiger charge is 2.17. The fourth-order valence-corrected chi connectivity index (χ4v) is 2.74. The molecule has 0 saturated carbocycles. The smallest absolute Gasteiger partial charge is 0.149 e. The summed E-state index contributed by atoms with van der Waals surface area (Å²) in [5, 5.41) is 4.38. The Hall–Kier alpha value is -2.17. The Morgan fingerprint density at radius 3 is 2.43 bits per heavy atom. The third-order valence-corrected chi connectivity index (χ3v) is 4.79. The van der Waals surface area contributed by atoms with Gasteiger partial charge in [-0.2, -0.15) is 0 Å². The van der Waals surface area contributed by atoms with Crippen LogP contribution in [0, 0.1) is 5.41 Å². The van der Waals surface area contributed by atoms with E-state index in [1.165, 1.54) is 0 Å². The number of halogens is 2. The Kier molecular flexibility index (Phi) is 7.39. The molecule has 1 heterocycles. The minimum atomic E-state index is -0.117. The van der Waals surface area contributed by atoms with E-state index in [1.54, 1.807) is 6.20 Å². The van der Waals surface area contributed by atoms with Crippen molar-refractivity contribution >= 4 is 40.4 Å². The number of benzene rings is 1. The molecule has 0 bridgehead atoms. The van der Waals surface area contributed by atoms with Crippen molar-refractivity contribution in [2.24, 2.45) is 11.1 Å². The fourth-order valence-electron chi connectivity index (χ4n) is 2.40. The second kappa shape index (κ2) is 9.35. The summed E-state index contributed by atoms with van der Waals surface area (Å²) in [6.45, 7) is 13.4. The maximum Gasteiger partial charge on any atom is 0.149 e. The van der Waals surface area contributed by atoms with Gasteiger partial charge < -0.3 is 16.0 Å². The molecule has 1 aromatic heterocycles. The number of pyridine rings is 1. The van der Waals surface area contributed by atoms with Crippen LogP contribution in [0.15, 0.2) is 55.0 Å². The number of hydrogen-bond acceptors (Lipinski definition) is 4. The lowest BCUT2D eigenvalue weighted by Gasteiger charge is -2.27. The first-order chi connectivity index (χ1) is 13.1. The highest BCUT2D eigenvalue weighted by molar-refractivity contribution is 6.33. The molecule has 150 valence electrons. The SMILES string of the molecule is C=C(c1cnc(Nc2ccc(Cl)cc2)c(Cl)c1)N(/C=C(\N)C(C)(C)C)CCC. The summed E-state index contributed by atoms with van der Waals surface area (Å²) in [6, 6.07) is 9.22. The third kappa shape index (κ3) is 5.91. The van der Waals surface area contributed by atoms with Crippen molar-refractivity contribution in [1.29, 1.82) is 0 Å². The van der Waals surface area contributed by atoms with Crippen molar-refractivity contribution in [3.05, 3.63) is 70.6 Å². The fraction of sp³-hybridized carbons (Fsp3) is 0.318. The van der Waals surface area contributed by atoms with Crippen molar-refractivity contribution < 1.29 is 0 Å². The highest BCUT2D eigenvalue weighted by atomic mass is 35.5. The zero-order valence-corrected chi connectivity index (χ0v) is 18.4. The summed E-state index contributed by atoms with van der Waals surface area (Å²) in [4.78, 5) is 6.53. The first-order valence-corrected chi connectivity index (χ1v) is 9.99. The number of rotatable bonds is 7. The average Bonchev–Trinajstić information content (AvgIpc) is 2.63. The standard InChI is InChI=1S/C22H28Cl2N4/c1-6-11-28(14-20(25)22(3,4)5)15(2)16-12-19(24)21(26-13-16)27-18-9-7-17(23)8-10-18/h7-10,12-14H,2,6,11,25H2,1,3-5H3,(H,26,27)/b20-14-. The Morgan fingerprint density at radius 1 is 1.25 bits per heavy atom. The van der Waals surface area contributed by atoms with Crippen LogP contribution in [0.25, 0.3) is 5.70 Å². The summed E-state index contributed by atoms with van der Waals surface area (Å²) in [5.74, 6) is 0.576. The topological polar surface area (TPSA) is 54.2 Å². The summed E-state index contributed by atoms with van der Waals surface area (Å²) >= 11 is 12.4. The van der Waals surface area contributed by atoms with Gasteiger partial charge in [-0.05, 0) is 36.8 Å². The molecule has 0 fully saturated rings. The predicted molar refractivity (Wildman–Crippen MR) is 122 cm³/mol. The number of anilines is 2. The van der Waals surface area contributed by atoms with Gasteiger partial charge in [0.2, 0.25) is 0 Å². The second-order valence-corrected chi connectivity index (χ2v) is 8.50. The van der Waals surface area contributed by atoms with E-state index in [2.05, 4.69) is 49.5 Å². The van der Waals surface area contributed by atoms with Gasteiger partial charge in [0.05, 0.1) is 5.02 Å². The van der Waals surface area contributed by atoms with Crippen LogP contribution >= 0.6 is 23.2 Å². The molecule has 0 saturated heterocycles. The Bertz CT molecular complexity index is 852. The highest BCUT2D eigenvalue weighted by Crippen LogP contribution is 2.29. The largest absolute Gasteiger partial charge is 0.400 e. The van der Waals surface area contributed by atoms with Gasteiger partial charge in [-0.25, -0.2) is 4.98 Å². The van der Waals surface area contributed by atoms with Crippen LogP contribution in [0.1, 0.15) is 39.7 Å². The molecular weight excluding hydrogens is 391 g/mol. The zero-order chi connectivity index (χ0) is 20.9. The number of allylic oxidation sites excluding steroid dienone is 1. The summed E-state index contributed by atoms with van der Waals surface area (Å²) < 4.78 is 0. The number of nitrogens with one attached hydrogen (secondary N) is 1. The van der Waals surface area contributed by atoms with Crippen LogP contribution in [-0.2, 0) is 0 Å². The molecule has 0 aliphatic rings. The number of hydrogen-bond donors (Lipinski definition) is 2. The van der Waals surface area contributed by atoms with Crippen molar-refractivity contribution in [2.75, 3.05) is 11.9 Å². The number of nitrogens with zero attached hydrogens (tertiary/aromatic N) is 2. The molecule has 0 aliphatic carbocycles. The Morgan fingerprint density at radius 2 is 1.89 bits per heavy atom. The molecule has 2 aromatic rings. The van der Waals surface area contributed by atoms with E-state index in [-0.39, 0.29) is 5.41 Å². The van der Waals surface area contributed by atoms with Crippen LogP contribution in [0.2, 0.25) is 10.0 Å². The van der Waals surface area contributed by atoms with Crippen LogP contribution in [0.3, 0.4) is 0 Å². The molecule has 2 rings (SSSR count). The maximum atomic E-state index is 6.46. The van der Waals surface area contributed by atoms with E-state index in [4.69, 9.17) is 28.9 Å². The predicted octanol–water partition coefficient (Wildman–Crippen LogP) is 6.66. The van der Waals surface area contributed by atoms with Gasteiger partial charge in [-0.3, -0.25) is 0 Å². The van der Waals surface area contributed by atoms with Gasteiger partial charge in [0.25, 0.3) is 0 Å². The first-order valence-electron chi connectivity index (χ1n) is 9.23. The normalized spacial score (nSPS) is 12.0.